The van der Waals surface area contributed by atoms with Gasteiger partial charge in [0.2, 0.25) is 0 Å². The van der Waals surface area contributed by atoms with E-state index in [2.05, 4.69) is 20.4 Å². The predicted octanol–water partition coefficient (Wildman–Crippen LogP) is 3.53. The Bertz CT molecular complexity index is 186. The summed E-state index contributed by atoms with van der Waals surface area (Å²) < 4.78 is 0. The summed E-state index contributed by atoms with van der Waals surface area (Å²) >= 11 is 0. The van der Waals surface area contributed by atoms with Crippen LogP contribution in [0.25, 0.3) is 0 Å². The normalized spacial score (nSPS) is 32.9. The molecule has 1 fully saturated rings. The number of rotatable bonds is 4. The third-order valence-electron chi connectivity index (χ3n) is 3.68. The van der Waals surface area contributed by atoms with Gasteiger partial charge in [0.05, 0.1) is 6.10 Å². The molecule has 0 amide bonds. The summed E-state index contributed by atoms with van der Waals surface area (Å²) in [5, 5.41) is 9.89. The Morgan fingerprint density at radius 3 is 2.64 bits per heavy atom. The fourth-order valence-corrected chi connectivity index (χ4v) is 2.45. The van der Waals surface area contributed by atoms with Gasteiger partial charge in [0.25, 0.3) is 0 Å². The number of hydrogen-bond acceptors (Lipinski definition) is 1. The summed E-state index contributed by atoms with van der Waals surface area (Å²) in [6.45, 7) is 8.45. The van der Waals surface area contributed by atoms with Gasteiger partial charge in [-0.1, -0.05) is 32.4 Å². The van der Waals surface area contributed by atoms with Crippen LogP contribution < -0.4 is 0 Å². The molecule has 0 aliphatic heterocycles. The van der Waals surface area contributed by atoms with Crippen LogP contribution >= 0.6 is 0 Å². The Balaban J connectivity index is 2.44. The summed E-state index contributed by atoms with van der Waals surface area (Å²) in [6, 6.07) is 0. The van der Waals surface area contributed by atoms with E-state index >= 15 is 0 Å². The quantitative estimate of drug-likeness (QED) is 0.682. The Kier molecular flexibility index (Phi) is 4.67. The van der Waals surface area contributed by atoms with Crippen LogP contribution in [0.15, 0.2) is 12.2 Å². The maximum Gasteiger partial charge on any atom is 0.0571 e. The molecule has 0 saturated heterocycles. The van der Waals surface area contributed by atoms with Gasteiger partial charge in [-0.2, -0.15) is 0 Å². The zero-order valence-corrected chi connectivity index (χ0v) is 9.63. The molecule has 0 aromatic heterocycles. The van der Waals surface area contributed by atoms with E-state index in [4.69, 9.17) is 0 Å². The third kappa shape index (κ3) is 3.13. The van der Waals surface area contributed by atoms with Crippen LogP contribution in [-0.2, 0) is 0 Å². The smallest absolute Gasteiger partial charge is 0.0571 e. The van der Waals surface area contributed by atoms with Gasteiger partial charge in [0.15, 0.2) is 0 Å². The van der Waals surface area contributed by atoms with Crippen LogP contribution in [0.1, 0.15) is 52.4 Å². The molecule has 14 heavy (non-hydrogen) atoms. The van der Waals surface area contributed by atoms with Crippen molar-refractivity contribution in [2.45, 2.75) is 58.5 Å². The Morgan fingerprint density at radius 1 is 1.36 bits per heavy atom. The zero-order chi connectivity index (χ0) is 10.6. The van der Waals surface area contributed by atoms with Crippen LogP contribution in [0.5, 0.6) is 0 Å². The highest BCUT2D eigenvalue weighted by atomic mass is 16.3. The summed E-state index contributed by atoms with van der Waals surface area (Å²) in [7, 11) is 0. The van der Waals surface area contributed by atoms with Crippen molar-refractivity contribution in [1.29, 1.82) is 0 Å². The first kappa shape index (κ1) is 11.8. The summed E-state index contributed by atoms with van der Waals surface area (Å²) in [5.74, 6) is 1.33. The van der Waals surface area contributed by atoms with Crippen LogP contribution in [0.3, 0.4) is 0 Å². The second kappa shape index (κ2) is 5.55. The number of aliphatic hydroxyl groups is 1. The summed E-state index contributed by atoms with van der Waals surface area (Å²) in [5.41, 5.74) is 1.30. The summed E-state index contributed by atoms with van der Waals surface area (Å²) in [4.78, 5) is 0. The lowest BCUT2D eigenvalue weighted by Gasteiger charge is -2.33. The van der Waals surface area contributed by atoms with Gasteiger partial charge >= 0.3 is 0 Å². The van der Waals surface area contributed by atoms with Crippen LogP contribution in [-0.4, -0.2) is 11.2 Å². The molecule has 1 rings (SSSR count). The van der Waals surface area contributed by atoms with Gasteiger partial charge < -0.3 is 5.11 Å². The molecule has 1 nitrogen and oxygen atoms in total. The van der Waals surface area contributed by atoms with Crippen molar-refractivity contribution in [2.75, 3.05) is 0 Å². The molecule has 0 bridgehead atoms. The highest BCUT2D eigenvalue weighted by Crippen LogP contribution is 2.34. The second-order valence-corrected chi connectivity index (χ2v) is 4.72. The molecule has 0 heterocycles. The molecule has 0 radical (unpaired) electrons. The van der Waals surface area contributed by atoms with Crippen LogP contribution in [0, 0.1) is 11.8 Å². The Morgan fingerprint density at radius 2 is 2.07 bits per heavy atom. The van der Waals surface area contributed by atoms with Gasteiger partial charge in [0, 0.05) is 0 Å². The fourth-order valence-electron chi connectivity index (χ4n) is 2.45. The van der Waals surface area contributed by atoms with Crippen molar-refractivity contribution in [2.24, 2.45) is 11.8 Å². The van der Waals surface area contributed by atoms with E-state index in [1.54, 1.807) is 0 Å². The van der Waals surface area contributed by atoms with Crippen LogP contribution in [0.2, 0.25) is 0 Å². The van der Waals surface area contributed by atoms with Gasteiger partial charge in [-0.15, -0.1) is 0 Å². The lowest BCUT2D eigenvalue weighted by molar-refractivity contribution is 0.0472. The van der Waals surface area contributed by atoms with E-state index in [0.717, 1.165) is 25.2 Å². The highest BCUT2D eigenvalue weighted by molar-refractivity contribution is 4.97. The number of aliphatic hydroxyl groups excluding tert-OH is 1. The van der Waals surface area contributed by atoms with E-state index < -0.39 is 0 Å². The summed E-state index contributed by atoms with van der Waals surface area (Å²) in [6.07, 6.45) is 6.71. The highest BCUT2D eigenvalue weighted by Gasteiger charge is 2.28. The molecule has 1 N–H and O–H groups in total. The van der Waals surface area contributed by atoms with Gasteiger partial charge in [-0.25, -0.2) is 0 Å². The SMILES string of the molecule is C=C(CC)CC1CC(CC)CCC1O. The van der Waals surface area contributed by atoms with Crippen LogP contribution in [0.4, 0.5) is 0 Å². The molecule has 0 aromatic carbocycles. The molecule has 1 saturated carbocycles. The molecular weight excluding hydrogens is 172 g/mol. The van der Waals surface area contributed by atoms with E-state index in [1.807, 2.05) is 0 Å². The van der Waals surface area contributed by atoms with E-state index in [0.29, 0.717) is 5.92 Å². The average Bonchev–Trinajstić information content (AvgIpc) is 2.21. The van der Waals surface area contributed by atoms with E-state index in [9.17, 15) is 5.11 Å². The molecule has 1 heteroatoms. The van der Waals surface area contributed by atoms with Crippen molar-refractivity contribution in [3.63, 3.8) is 0 Å². The van der Waals surface area contributed by atoms with E-state index in [-0.39, 0.29) is 6.10 Å². The molecule has 3 atom stereocenters. The van der Waals surface area contributed by atoms with Crippen molar-refractivity contribution < 1.29 is 5.11 Å². The van der Waals surface area contributed by atoms with Gasteiger partial charge in [-0.05, 0) is 43.9 Å². The first-order valence-electron chi connectivity index (χ1n) is 6.02. The molecule has 1 aliphatic carbocycles. The largest absolute Gasteiger partial charge is 0.393 e. The molecule has 3 unspecified atom stereocenters. The number of hydrogen-bond donors (Lipinski definition) is 1. The fraction of sp³-hybridized carbons (Fsp3) is 0.846. The van der Waals surface area contributed by atoms with E-state index in [1.165, 1.54) is 24.8 Å². The monoisotopic (exact) mass is 196 g/mol. The standard InChI is InChI=1S/C13H24O/c1-4-10(3)8-12-9-11(5-2)6-7-13(12)14/h11-14H,3-9H2,1-2H3. The molecule has 0 spiro atoms. The Labute approximate surface area is 88.2 Å². The van der Waals surface area contributed by atoms with Crippen molar-refractivity contribution >= 4 is 0 Å². The van der Waals surface area contributed by atoms with Gasteiger partial charge in [-0.3, -0.25) is 0 Å². The van der Waals surface area contributed by atoms with Crippen molar-refractivity contribution in [3.05, 3.63) is 12.2 Å². The molecule has 82 valence electrons. The minimum absolute atomic E-state index is 0.0684. The average molecular weight is 196 g/mol. The molecular formula is C13H24O. The maximum absolute atomic E-state index is 9.89. The maximum atomic E-state index is 9.89. The predicted molar refractivity (Wildman–Crippen MR) is 61.2 cm³/mol. The third-order valence-corrected chi connectivity index (χ3v) is 3.68. The zero-order valence-electron chi connectivity index (χ0n) is 9.63. The van der Waals surface area contributed by atoms with Crippen molar-refractivity contribution in [1.82, 2.24) is 0 Å². The first-order chi connectivity index (χ1) is 6.67. The topological polar surface area (TPSA) is 20.2 Å². The van der Waals surface area contributed by atoms with Crippen molar-refractivity contribution in [3.8, 4) is 0 Å². The Hall–Kier alpha value is -0.300. The molecule has 0 aromatic rings. The lowest BCUT2D eigenvalue weighted by Crippen LogP contribution is -2.29. The minimum Gasteiger partial charge on any atom is -0.393 e. The number of allylic oxidation sites excluding steroid dienone is 1. The van der Waals surface area contributed by atoms with Gasteiger partial charge in [0.1, 0.15) is 0 Å². The lowest BCUT2D eigenvalue weighted by atomic mass is 9.75. The second-order valence-electron chi connectivity index (χ2n) is 4.72. The first-order valence-corrected chi connectivity index (χ1v) is 6.02. The molecule has 1 aliphatic rings. The minimum atomic E-state index is -0.0684.